The van der Waals surface area contributed by atoms with Crippen molar-refractivity contribution >= 4 is 45.9 Å². The first kappa shape index (κ1) is 20.7. The zero-order valence-corrected chi connectivity index (χ0v) is 17.8. The van der Waals surface area contributed by atoms with Gasteiger partial charge in [-0.05, 0) is 24.3 Å². The third-order valence-electron chi connectivity index (χ3n) is 5.37. The predicted octanol–water partition coefficient (Wildman–Crippen LogP) is 2.65. The number of hydrogen-bond donors (Lipinski definition) is 2. The molecule has 1 fully saturated rings. The lowest BCUT2D eigenvalue weighted by molar-refractivity contribution is -0.126. The summed E-state index contributed by atoms with van der Waals surface area (Å²) in [4.78, 5) is 39.2. The van der Waals surface area contributed by atoms with Gasteiger partial charge in [-0.1, -0.05) is 29.8 Å². The van der Waals surface area contributed by atoms with Crippen LogP contribution < -0.4 is 20.5 Å². The fourth-order valence-electron chi connectivity index (χ4n) is 3.80. The highest BCUT2D eigenvalue weighted by atomic mass is 35.5. The molecule has 160 valence electrons. The van der Waals surface area contributed by atoms with Crippen molar-refractivity contribution in [2.45, 2.75) is 6.42 Å². The van der Waals surface area contributed by atoms with Gasteiger partial charge in [0.15, 0.2) is 0 Å². The maximum absolute atomic E-state index is 12.6. The van der Waals surface area contributed by atoms with Crippen molar-refractivity contribution < 1.29 is 19.1 Å². The Morgan fingerprint density at radius 1 is 1.16 bits per heavy atom. The second kappa shape index (κ2) is 8.31. The van der Waals surface area contributed by atoms with Crippen LogP contribution in [-0.2, 0) is 16.6 Å². The standard InChI is InChI=1S/C22H21ClN4O4/c1-26-12-16(15-5-3-4-6-17(15)26)22(30)25-24-21(29)13-9-20(28)27(11-13)18-10-14(23)7-8-19(18)31-2/h3-8,10,12-13H,9,11H2,1-2H3,(H,24,29)(H,25,30). The number of methoxy groups -OCH3 is 1. The van der Waals surface area contributed by atoms with Crippen molar-refractivity contribution in [3.8, 4) is 5.75 Å². The van der Waals surface area contributed by atoms with Crippen LogP contribution in [-0.4, -0.2) is 35.9 Å². The fraction of sp³-hybridized carbons (Fsp3) is 0.227. The SMILES string of the molecule is COc1ccc(Cl)cc1N1CC(C(=O)NNC(=O)c2cn(C)c3ccccc23)CC1=O. The molecule has 9 heteroatoms. The number of carbonyl (C=O) groups excluding carboxylic acids is 3. The molecule has 0 aliphatic carbocycles. The first-order chi connectivity index (χ1) is 14.9. The normalized spacial score (nSPS) is 15.9. The Kier molecular flexibility index (Phi) is 5.56. The van der Waals surface area contributed by atoms with Crippen molar-refractivity contribution in [2.75, 3.05) is 18.6 Å². The van der Waals surface area contributed by atoms with Gasteiger partial charge >= 0.3 is 0 Å². The summed E-state index contributed by atoms with van der Waals surface area (Å²) in [5.74, 6) is -1.22. The molecule has 0 bridgehead atoms. The first-order valence-electron chi connectivity index (χ1n) is 9.67. The van der Waals surface area contributed by atoms with Crippen LogP contribution >= 0.6 is 11.6 Å². The van der Waals surface area contributed by atoms with E-state index in [9.17, 15) is 14.4 Å². The number of ether oxygens (including phenoxy) is 1. The molecule has 2 N–H and O–H groups in total. The van der Waals surface area contributed by atoms with Crippen LogP contribution in [0.2, 0.25) is 5.02 Å². The monoisotopic (exact) mass is 440 g/mol. The molecule has 4 rings (SSSR count). The first-order valence-corrected chi connectivity index (χ1v) is 10.0. The van der Waals surface area contributed by atoms with Crippen molar-refractivity contribution in [3.05, 3.63) is 59.2 Å². The van der Waals surface area contributed by atoms with Crippen molar-refractivity contribution in [2.24, 2.45) is 13.0 Å². The minimum absolute atomic E-state index is 0.0195. The number of hydrogen-bond acceptors (Lipinski definition) is 4. The molecule has 0 saturated carbocycles. The molecule has 1 aliphatic heterocycles. The summed E-state index contributed by atoms with van der Waals surface area (Å²) in [6, 6.07) is 12.5. The number of anilines is 1. The summed E-state index contributed by atoms with van der Waals surface area (Å²) >= 11 is 6.06. The molecule has 0 spiro atoms. The number of fused-ring (bicyclic) bond motifs is 1. The number of amides is 3. The van der Waals surface area contributed by atoms with Gasteiger partial charge < -0.3 is 14.2 Å². The number of aromatic nitrogens is 1. The third-order valence-corrected chi connectivity index (χ3v) is 5.60. The van der Waals surface area contributed by atoms with Crippen LogP contribution in [0.1, 0.15) is 16.8 Å². The van der Waals surface area contributed by atoms with E-state index in [1.54, 1.807) is 24.4 Å². The zero-order chi connectivity index (χ0) is 22.1. The average Bonchev–Trinajstić information content (AvgIpc) is 3.32. The Hall–Kier alpha value is -3.52. The zero-order valence-electron chi connectivity index (χ0n) is 17.0. The third kappa shape index (κ3) is 3.94. The molecule has 3 amide bonds. The second-order valence-electron chi connectivity index (χ2n) is 7.34. The van der Waals surface area contributed by atoms with Gasteiger partial charge in [0.2, 0.25) is 11.8 Å². The van der Waals surface area contributed by atoms with E-state index in [1.165, 1.54) is 12.0 Å². The number of rotatable bonds is 4. The van der Waals surface area contributed by atoms with Crippen LogP contribution in [0.15, 0.2) is 48.7 Å². The summed E-state index contributed by atoms with van der Waals surface area (Å²) < 4.78 is 7.15. The Morgan fingerprint density at radius 3 is 2.71 bits per heavy atom. The number of hydrazine groups is 1. The summed E-state index contributed by atoms with van der Waals surface area (Å²) in [6.45, 7) is 0.158. The van der Waals surface area contributed by atoms with Gasteiger partial charge in [0, 0.05) is 42.1 Å². The highest BCUT2D eigenvalue weighted by molar-refractivity contribution is 6.31. The fourth-order valence-corrected chi connectivity index (χ4v) is 3.97. The molecule has 31 heavy (non-hydrogen) atoms. The summed E-state index contributed by atoms with van der Waals surface area (Å²) in [7, 11) is 3.35. The van der Waals surface area contributed by atoms with Gasteiger partial charge in [0.05, 0.1) is 24.3 Å². The molecule has 2 heterocycles. The lowest BCUT2D eigenvalue weighted by Gasteiger charge is -2.20. The number of aryl methyl sites for hydroxylation is 1. The van der Waals surface area contributed by atoms with E-state index in [0.717, 1.165) is 10.9 Å². The van der Waals surface area contributed by atoms with E-state index in [4.69, 9.17) is 16.3 Å². The quantitative estimate of drug-likeness (QED) is 0.610. The van der Waals surface area contributed by atoms with Crippen LogP contribution in [0.5, 0.6) is 5.75 Å². The maximum Gasteiger partial charge on any atom is 0.271 e. The lowest BCUT2D eigenvalue weighted by Crippen LogP contribution is -2.45. The molecule has 1 aromatic heterocycles. The predicted molar refractivity (Wildman–Crippen MR) is 117 cm³/mol. The van der Waals surface area contributed by atoms with Crippen molar-refractivity contribution in [1.82, 2.24) is 15.4 Å². The largest absolute Gasteiger partial charge is 0.495 e. The molecule has 1 aliphatic rings. The number of carbonyl (C=O) groups is 3. The molecule has 8 nitrogen and oxygen atoms in total. The van der Waals surface area contributed by atoms with Crippen molar-refractivity contribution in [1.29, 1.82) is 0 Å². The smallest absolute Gasteiger partial charge is 0.271 e. The Morgan fingerprint density at radius 2 is 1.94 bits per heavy atom. The topological polar surface area (TPSA) is 92.7 Å². The molecule has 1 atom stereocenters. The summed E-state index contributed by atoms with van der Waals surface area (Å²) in [5.41, 5.74) is 6.77. The highest BCUT2D eigenvalue weighted by Crippen LogP contribution is 2.35. The van der Waals surface area contributed by atoms with E-state index < -0.39 is 17.7 Å². The van der Waals surface area contributed by atoms with Gasteiger partial charge in [0.25, 0.3) is 5.91 Å². The number of nitrogens with one attached hydrogen (secondary N) is 2. The van der Waals surface area contributed by atoms with Gasteiger partial charge in [-0.25, -0.2) is 0 Å². The molecule has 1 saturated heterocycles. The van der Waals surface area contributed by atoms with Crippen molar-refractivity contribution in [3.63, 3.8) is 0 Å². The number of nitrogens with zero attached hydrogens (tertiary/aromatic N) is 2. The minimum Gasteiger partial charge on any atom is -0.495 e. The second-order valence-corrected chi connectivity index (χ2v) is 7.77. The van der Waals surface area contributed by atoms with Gasteiger partial charge in [-0.2, -0.15) is 0 Å². The van der Waals surface area contributed by atoms with Crippen LogP contribution in [0.25, 0.3) is 10.9 Å². The molecule has 3 aromatic rings. The highest BCUT2D eigenvalue weighted by Gasteiger charge is 2.36. The van der Waals surface area contributed by atoms with E-state index in [-0.39, 0.29) is 18.9 Å². The number of halogens is 1. The molecular weight excluding hydrogens is 420 g/mol. The molecular formula is C22H21ClN4O4. The molecule has 2 aromatic carbocycles. The Labute approximate surface area is 183 Å². The van der Waals surface area contributed by atoms with E-state index in [0.29, 0.717) is 22.0 Å². The van der Waals surface area contributed by atoms with Gasteiger partial charge in [0.1, 0.15) is 5.75 Å². The molecule has 0 radical (unpaired) electrons. The molecule has 1 unspecified atom stereocenters. The van der Waals surface area contributed by atoms with Gasteiger partial charge in [-0.3, -0.25) is 25.2 Å². The number of benzene rings is 2. The summed E-state index contributed by atoms with van der Waals surface area (Å²) in [5, 5.41) is 1.24. The van der Waals surface area contributed by atoms with E-state index >= 15 is 0 Å². The van der Waals surface area contributed by atoms with Crippen LogP contribution in [0, 0.1) is 5.92 Å². The van der Waals surface area contributed by atoms with Crippen LogP contribution in [0.3, 0.4) is 0 Å². The Bertz CT molecular complexity index is 1190. The summed E-state index contributed by atoms with van der Waals surface area (Å²) in [6.07, 6.45) is 1.73. The van der Waals surface area contributed by atoms with E-state index in [1.807, 2.05) is 35.9 Å². The number of para-hydroxylation sites is 1. The van der Waals surface area contributed by atoms with E-state index in [2.05, 4.69) is 10.9 Å². The van der Waals surface area contributed by atoms with Crippen LogP contribution in [0.4, 0.5) is 5.69 Å². The average molecular weight is 441 g/mol. The minimum atomic E-state index is -0.621. The lowest BCUT2D eigenvalue weighted by atomic mass is 10.1. The maximum atomic E-state index is 12.6. The Balaban J connectivity index is 1.43. The van der Waals surface area contributed by atoms with Gasteiger partial charge in [-0.15, -0.1) is 0 Å².